The molecule has 2 aliphatic rings. The van der Waals surface area contributed by atoms with Gasteiger partial charge in [0.15, 0.2) is 0 Å². The zero-order valence-corrected chi connectivity index (χ0v) is 9.67. The minimum absolute atomic E-state index is 0.703. The van der Waals surface area contributed by atoms with Gasteiger partial charge >= 0.3 is 0 Å². The Morgan fingerprint density at radius 3 is 3.06 bits per heavy atom. The summed E-state index contributed by atoms with van der Waals surface area (Å²) in [5, 5.41) is 6.99. The van der Waals surface area contributed by atoms with Crippen LogP contribution in [0, 0.1) is 11.3 Å². The Hall–Kier alpha value is -0.800. The Morgan fingerprint density at radius 1 is 1.44 bits per heavy atom. The molecule has 1 aliphatic heterocycles. The summed E-state index contributed by atoms with van der Waals surface area (Å²) in [5.74, 6) is 0.918. The molecule has 1 aliphatic carbocycles. The molecule has 16 heavy (non-hydrogen) atoms. The SMILES string of the molecule is c1cc(CNCC2CC23CCNCC3)co1. The van der Waals surface area contributed by atoms with E-state index in [-0.39, 0.29) is 0 Å². The predicted molar refractivity (Wildman–Crippen MR) is 63.1 cm³/mol. The third-order valence-electron chi connectivity index (χ3n) is 4.26. The molecule has 1 unspecified atom stereocenters. The van der Waals surface area contributed by atoms with Crippen molar-refractivity contribution in [1.29, 1.82) is 0 Å². The molecule has 0 aromatic carbocycles. The van der Waals surface area contributed by atoms with E-state index >= 15 is 0 Å². The molecule has 1 atom stereocenters. The molecule has 0 bridgehead atoms. The molecule has 2 fully saturated rings. The zero-order valence-electron chi connectivity index (χ0n) is 9.67. The lowest BCUT2D eigenvalue weighted by molar-refractivity contribution is 0.319. The predicted octanol–water partition coefficient (Wildman–Crippen LogP) is 1.76. The van der Waals surface area contributed by atoms with Crippen LogP contribution < -0.4 is 10.6 Å². The number of nitrogens with one attached hydrogen (secondary N) is 2. The molecular weight excluding hydrogens is 200 g/mol. The second-order valence-corrected chi connectivity index (χ2v) is 5.28. The fourth-order valence-electron chi connectivity index (χ4n) is 3.04. The molecule has 0 amide bonds. The second kappa shape index (κ2) is 4.22. The summed E-state index contributed by atoms with van der Waals surface area (Å²) in [4.78, 5) is 0. The molecule has 1 spiro atoms. The van der Waals surface area contributed by atoms with Crippen LogP contribution in [-0.2, 0) is 6.54 Å². The van der Waals surface area contributed by atoms with Gasteiger partial charge in [-0.1, -0.05) is 0 Å². The quantitative estimate of drug-likeness (QED) is 0.812. The molecule has 3 heteroatoms. The first-order valence-corrected chi connectivity index (χ1v) is 6.32. The largest absolute Gasteiger partial charge is 0.472 e. The Labute approximate surface area is 96.6 Å². The summed E-state index contributed by atoms with van der Waals surface area (Å²) >= 11 is 0. The van der Waals surface area contributed by atoms with Crippen LogP contribution >= 0.6 is 0 Å². The maximum absolute atomic E-state index is 5.05. The zero-order chi connectivity index (χ0) is 10.8. The summed E-state index contributed by atoms with van der Waals surface area (Å²) in [6.07, 6.45) is 7.76. The molecule has 1 saturated carbocycles. The maximum Gasteiger partial charge on any atom is 0.0947 e. The van der Waals surface area contributed by atoms with Gasteiger partial charge in [0.1, 0.15) is 0 Å². The number of rotatable bonds is 4. The Morgan fingerprint density at radius 2 is 2.31 bits per heavy atom. The molecule has 3 nitrogen and oxygen atoms in total. The van der Waals surface area contributed by atoms with Crippen molar-refractivity contribution in [2.45, 2.75) is 25.8 Å². The van der Waals surface area contributed by atoms with Gasteiger partial charge in [0, 0.05) is 12.1 Å². The first kappa shape index (κ1) is 10.4. The molecule has 88 valence electrons. The van der Waals surface area contributed by atoms with Crippen molar-refractivity contribution in [1.82, 2.24) is 10.6 Å². The highest BCUT2D eigenvalue weighted by molar-refractivity contribution is 5.07. The number of piperidine rings is 1. The highest BCUT2D eigenvalue weighted by atomic mass is 16.3. The third-order valence-corrected chi connectivity index (χ3v) is 4.26. The van der Waals surface area contributed by atoms with E-state index in [4.69, 9.17) is 4.42 Å². The van der Waals surface area contributed by atoms with Crippen LogP contribution in [0.4, 0.5) is 0 Å². The lowest BCUT2D eigenvalue weighted by atomic mass is 9.92. The van der Waals surface area contributed by atoms with Crippen LogP contribution in [0.1, 0.15) is 24.8 Å². The first-order chi connectivity index (χ1) is 7.89. The van der Waals surface area contributed by atoms with Gasteiger partial charge in [-0.3, -0.25) is 0 Å². The Balaban J connectivity index is 1.41. The van der Waals surface area contributed by atoms with E-state index in [1.54, 1.807) is 6.26 Å². The van der Waals surface area contributed by atoms with Crippen molar-refractivity contribution in [3.05, 3.63) is 24.2 Å². The van der Waals surface area contributed by atoms with Gasteiger partial charge < -0.3 is 15.1 Å². The molecule has 1 saturated heterocycles. The van der Waals surface area contributed by atoms with Crippen molar-refractivity contribution in [2.75, 3.05) is 19.6 Å². The van der Waals surface area contributed by atoms with E-state index < -0.39 is 0 Å². The van der Waals surface area contributed by atoms with Crippen molar-refractivity contribution in [3.63, 3.8) is 0 Å². The van der Waals surface area contributed by atoms with Gasteiger partial charge in [-0.15, -0.1) is 0 Å². The van der Waals surface area contributed by atoms with E-state index in [0.717, 1.165) is 12.5 Å². The molecule has 1 aromatic rings. The topological polar surface area (TPSA) is 37.2 Å². The smallest absolute Gasteiger partial charge is 0.0947 e. The van der Waals surface area contributed by atoms with Crippen molar-refractivity contribution in [2.24, 2.45) is 11.3 Å². The first-order valence-electron chi connectivity index (χ1n) is 6.32. The monoisotopic (exact) mass is 220 g/mol. The highest BCUT2D eigenvalue weighted by Crippen LogP contribution is 2.58. The molecule has 2 N–H and O–H groups in total. The van der Waals surface area contributed by atoms with Crippen molar-refractivity contribution in [3.8, 4) is 0 Å². The highest BCUT2D eigenvalue weighted by Gasteiger charge is 2.52. The van der Waals surface area contributed by atoms with E-state index in [1.165, 1.54) is 44.5 Å². The minimum Gasteiger partial charge on any atom is -0.472 e. The van der Waals surface area contributed by atoms with Gasteiger partial charge in [-0.05, 0) is 56.3 Å². The maximum atomic E-state index is 5.05. The van der Waals surface area contributed by atoms with Crippen LogP contribution in [0.5, 0.6) is 0 Å². The summed E-state index contributed by atoms with van der Waals surface area (Å²) in [7, 11) is 0. The van der Waals surface area contributed by atoms with E-state index in [9.17, 15) is 0 Å². The second-order valence-electron chi connectivity index (χ2n) is 5.28. The van der Waals surface area contributed by atoms with E-state index in [1.807, 2.05) is 12.3 Å². The summed E-state index contributed by atoms with van der Waals surface area (Å²) < 4.78 is 5.05. The number of hydrogen-bond acceptors (Lipinski definition) is 3. The summed E-state index contributed by atoms with van der Waals surface area (Å²) in [6, 6.07) is 2.03. The van der Waals surface area contributed by atoms with Crippen molar-refractivity contribution >= 4 is 0 Å². The molecule has 1 aromatic heterocycles. The fraction of sp³-hybridized carbons (Fsp3) is 0.692. The van der Waals surface area contributed by atoms with E-state index in [0.29, 0.717) is 5.41 Å². The van der Waals surface area contributed by atoms with Crippen LogP contribution in [0.3, 0.4) is 0 Å². The number of hydrogen-bond donors (Lipinski definition) is 2. The average Bonchev–Trinajstić information content (AvgIpc) is 2.78. The van der Waals surface area contributed by atoms with Crippen molar-refractivity contribution < 1.29 is 4.42 Å². The van der Waals surface area contributed by atoms with Gasteiger partial charge in [0.25, 0.3) is 0 Å². The fourth-order valence-corrected chi connectivity index (χ4v) is 3.04. The van der Waals surface area contributed by atoms with Gasteiger partial charge in [0.2, 0.25) is 0 Å². The average molecular weight is 220 g/mol. The van der Waals surface area contributed by atoms with Gasteiger partial charge in [-0.25, -0.2) is 0 Å². The molecule has 2 heterocycles. The van der Waals surface area contributed by atoms with Crippen LogP contribution in [-0.4, -0.2) is 19.6 Å². The normalized spacial score (nSPS) is 27.1. The lowest BCUT2D eigenvalue weighted by Crippen LogP contribution is -2.31. The van der Waals surface area contributed by atoms with Crippen LogP contribution in [0.2, 0.25) is 0 Å². The van der Waals surface area contributed by atoms with Crippen LogP contribution in [0.15, 0.2) is 23.0 Å². The molecule has 0 radical (unpaired) electrons. The summed E-state index contributed by atoms with van der Waals surface area (Å²) in [6.45, 7) is 4.56. The minimum atomic E-state index is 0.703. The van der Waals surface area contributed by atoms with Gasteiger partial charge in [0.05, 0.1) is 12.5 Å². The Bertz CT molecular complexity index is 328. The molecular formula is C13H20N2O. The third kappa shape index (κ3) is 2.02. The lowest BCUT2D eigenvalue weighted by Gasteiger charge is -2.23. The Kier molecular flexibility index (Phi) is 2.74. The van der Waals surface area contributed by atoms with Crippen LogP contribution in [0.25, 0.3) is 0 Å². The number of furan rings is 1. The standard InChI is InChI=1S/C13H20N2O/c1-6-16-10-11(1)8-15-9-12-7-13(12)2-4-14-5-3-13/h1,6,10,12,14-15H,2-5,7-9H2. The molecule has 3 rings (SSSR count). The van der Waals surface area contributed by atoms with E-state index in [2.05, 4.69) is 10.6 Å². The van der Waals surface area contributed by atoms with Gasteiger partial charge in [-0.2, -0.15) is 0 Å². The summed E-state index contributed by atoms with van der Waals surface area (Å²) in [5.41, 5.74) is 1.95.